The number of methoxy groups -OCH3 is 4. The first kappa shape index (κ1) is 114. The van der Waals surface area contributed by atoms with Gasteiger partial charge < -0.3 is 100.0 Å². The molecule has 2 aliphatic rings. The topological polar surface area (TPSA) is 492 Å². The Bertz CT molecular complexity index is 5210. The molecule has 0 bridgehead atoms. The fourth-order valence-corrected chi connectivity index (χ4v) is 11.7. The number of nitrogens with one attached hydrogen (secondary N) is 2. The first-order valence-corrected chi connectivity index (χ1v) is 41.6. The van der Waals surface area contributed by atoms with Gasteiger partial charge in [0.05, 0.1) is 99.8 Å². The van der Waals surface area contributed by atoms with Crippen LogP contribution in [-0.2, 0) is 99.5 Å². The number of carbonyl (C=O) groups is 5. The van der Waals surface area contributed by atoms with Crippen LogP contribution < -0.4 is 64.9 Å². The number of likely N-dealkylation sites (tertiary alicyclic amines) is 1. The van der Waals surface area contributed by atoms with E-state index < -0.39 is 23.9 Å². The molecule has 40 nitrogen and oxygen atoms in total. The predicted molar refractivity (Wildman–Crippen MR) is 488 cm³/mol. The molecule has 0 atom stereocenters. The zero-order valence-corrected chi connectivity index (χ0v) is 79.1. The van der Waals surface area contributed by atoms with Crippen molar-refractivity contribution in [2.45, 2.75) is 141 Å². The van der Waals surface area contributed by atoms with Crippen LogP contribution in [0.25, 0.3) is 33.5 Å². The van der Waals surface area contributed by atoms with Gasteiger partial charge in [0.2, 0.25) is 5.97 Å². The van der Waals surface area contributed by atoms with Gasteiger partial charge in [0.1, 0.15) is 66.7 Å². The molecule has 4 aromatic carbocycles. The number of nitrogens with zero attached hydrogens (tertiary/aromatic N) is 17. The van der Waals surface area contributed by atoms with E-state index in [1.807, 2.05) is 87.1 Å². The number of imidazole rings is 3. The fourth-order valence-electron chi connectivity index (χ4n) is 11.7. The molecule has 9 heterocycles. The molecule has 42 heteroatoms. The number of nitrogen functional groups attached to an aromatic ring is 1. The van der Waals surface area contributed by atoms with Crippen LogP contribution in [0.3, 0.4) is 0 Å². The summed E-state index contributed by atoms with van der Waals surface area (Å²) in [5, 5.41) is 30.9. The Morgan fingerprint density at radius 1 is 0.500 bits per heavy atom. The van der Waals surface area contributed by atoms with Crippen LogP contribution in [0.15, 0.2) is 122 Å². The Morgan fingerprint density at radius 2 is 0.818 bits per heavy atom. The average molecular weight is 1840 g/mol. The summed E-state index contributed by atoms with van der Waals surface area (Å²) >= 11 is 0. The van der Waals surface area contributed by atoms with Crippen molar-refractivity contribution in [3.05, 3.63) is 184 Å². The zero-order valence-electron chi connectivity index (χ0n) is 77.1. The Hall–Kier alpha value is -12.4. The number of nitrogens with two attached hydrogens (primary N) is 1. The Labute approximate surface area is 792 Å². The number of aldehydes is 1. The second-order valence-corrected chi connectivity index (χ2v) is 27.8. The number of benzene rings is 4. The summed E-state index contributed by atoms with van der Waals surface area (Å²) in [6.07, 6.45) is 12.8. The summed E-state index contributed by atoms with van der Waals surface area (Å²) in [6, 6.07) is 36.5. The summed E-state index contributed by atoms with van der Waals surface area (Å²) in [7, 11) is 10.8. The molecule has 0 unspecified atom stereocenters. The Balaban J connectivity index is 0.000000407. The van der Waals surface area contributed by atoms with Crippen LogP contribution in [0.5, 0.6) is 24.0 Å². The molecule has 2 fully saturated rings. The average Bonchev–Trinajstić information content (AvgIpc) is 1.66. The molecule has 2 aliphatic heterocycles. The minimum atomic E-state index is -0.849. The van der Waals surface area contributed by atoms with Gasteiger partial charge in [-0.25, -0.2) is 54.3 Å². The Morgan fingerprint density at radius 3 is 1.12 bits per heavy atom. The molecule has 0 amide bonds. The number of carboxylic acid groups (broad SMARTS) is 1. The minimum Gasteiger partial charge on any atom is -0.793 e. The van der Waals surface area contributed by atoms with Crippen molar-refractivity contribution < 1.29 is 125 Å². The third-order valence-corrected chi connectivity index (χ3v) is 17.8. The van der Waals surface area contributed by atoms with E-state index in [4.69, 9.17) is 78.3 Å². The number of fused-ring (bicyclic) bond motifs is 3. The Kier molecular flexibility index (Phi) is 56.3. The number of hydrogen-bond donors (Lipinski definition) is 4. The smallest absolute Gasteiger partial charge is 0.793 e. The van der Waals surface area contributed by atoms with Gasteiger partial charge in [-0.3, -0.25) is 19.3 Å². The molecule has 0 spiro atoms. The molecule has 11 aromatic rings. The van der Waals surface area contributed by atoms with Crippen LogP contribution >= 0.6 is 0 Å². The second kappa shape index (κ2) is 65.2. The number of ether oxygens (including phenoxy) is 11. The van der Waals surface area contributed by atoms with Crippen LogP contribution in [0.1, 0.15) is 148 Å². The van der Waals surface area contributed by atoms with Crippen LogP contribution in [0, 0.1) is 43.4 Å². The van der Waals surface area contributed by atoms with E-state index in [0.29, 0.717) is 139 Å². The summed E-state index contributed by atoms with van der Waals surface area (Å²) in [4.78, 5) is 106. The van der Waals surface area contributed by atoms with Crippen molar-refractivity contribution in [1.29, 1.82) is 10.5 Å². The molecule has 13 rings (SSSR count). The van der Waals surface area contributed by atoms with Gasteiger partial charge in [-0.15, -0.1) is 0 Å². The van der Waals surface area contributed by atoms with E-state index >= 15 is 0 Å². The van der Waals surface area contributed by atoms with Crippen molar-refractivity contribution >= 4 is 83.7 Å². The van der Waals surface area contributed by atoms with E-state index in [1.165, 1.54) is 76.1 Å². The van der Waals surface area contributed by atoms with Crippen LogP contribution in [-0.4, -0.2) is 251 Å². The molecule has 705 valence electrons. The first-order chi connectivity index (χ1) is 62.9. The van der Waals surface area contributed by atoms with Gasteiger partial charge in [-0.2, -0.15) is 30.5 Å². The van der Waals surface area contributed by atoms with Gasteiger partial charge in [0.25, 0.3) is 12.4 Å². The molecule has 2 saturated heterocycles. The number of aryl methyl sites for hydroxylation is 3. The van der Waals surface area contributed by atoms with Gasteiger partial charge in [-0.05, 0) is 145 Å². The zero-order chi connectivity index (χ0) is 94.9. The first-order valence-electron chi connectivity index (χ1n) is 41.6. The molecule has 7 aromatic heterocycles. The molecule has 0 aliphatic carbocycles. The fraction of sp³-hybridized carbons (Fsp3) is 0.444. The molecule has 0 saturated carbocycles. The summed E-state index contributed by atoms with van der Waals surface area (Å²) in [5.41, 5.74) is 18.4. The van der Waals surface area contributed by atoms with E-state index in [-0.39, 0.29) is 49.5 Å². The van der Waals surface area contributed by atoms with Gasteiger partial charge in [0.15, 0.2) is 22.8 Å². The minimum absolute atomic E-state index is 0. The number of nitriles is 2. The van der Waals surface area contributed by atoms with Crippen LogP contribution in [0.4, 0.5) is 11.5 Å². The van der Waals surface area contributed by atoms with Gasteiger partial charge >= 0.3 is 65.5 Å². The van der Waals surface area contributed by atoms with Gasteiger partial charge in [-0.1, -0.05) is 80.2 Å². The van der Waals surface area contributed by atoms with Crippen molar-refractivity contribution in [2.75, 3.05) is 138 Å². The van der Waals surface area contributed by atoms with Crippen LogP contribution in [0.2, 0.25) is 0 Å². The summed E-state index contributed by atoms with van der Waals surface area (Å²) < 4.78 is 67.2. The normalized spacial score (nSPS) is 11.5. The van der Waals surface area contributed by atoms with Gasteiger partial charge in [0, 0.05) is 94.6 Å². The van der Waals surface area contributed by atoms with Crippen molar-refractivity contribution in [3.8, 4) is 36.2 Å². The summed E-state index contributed by atoms with van der Waals surface area (Å²) in [5.74, 6) is 0.514. The number of aromatic nitrogens is 14. The number of carbonyl (C=O) groups excluding carboxylic acids is 4. The van der Waals surface area contributed by atoms with Crippen molar-refractivity contribution in [3.63, 3.8) is 0 Å². The molecular weight excluding hydrogens is 1710 g/mol. The SMILES string of the molecule is C.C1CCNC1.CC(=O)OOC(C)=O.CCOC(C)(OCC)OCC.COCCOc1ncc(N)c(NCc2ccc(C#N)cc2)n1.COCCOc1ncc2nc(C)n(Cc3ccc(C#N)cc3)c2n1.COCCOc1ncc2nc(C)n(Cc3ccc(C=O)cc3)c2n1.COCCOc1ncc2nc(C)n(Cc3ccc(CN4CCCC4)cc3)c2n1.O=CO.[B-]OC(C)=O.[Na+]. The molecule has 5 N–H and O–H groups in total. The largest absolute Gasteiger partial charge is 1.00 e. The quantitative estimate of drug-likeness (QED) is 0.00752. The number of hydrogen-bond acceptors (Lipinski definition) is 36. The number of anilines is 2. The maximum absolute atomic E-state index is 10.8. The van der Waals surface area contributed by atoms with E-state index in [9.17, 15) is 19.2 Å². The number of rotatable bonds is 34. The third kappa shape index (κ3) is 42.7. The van der Waals surface area contributed by atoms with E-state index in [2.05, 4.69) is 134 Å². The maximum Gasteiger partial charge on any atom is 1.00 e. The third-order valence-electron chi connectivity index (χ3n) is 17.8. The predicted octanol–water partition coefficient (Wildman–Crippen LogP) is 7.61. The van der Waals surface area contributed by atoms with E-state index in [1.54, 1.807) is 90.4 Å². The maximum atomic E-state index is 10.8. The molecule has 3 radical (unpaired) electrons. The summed E-state index contributed by atoms with van der Waals surface area (Å²) in [6.45, 7) is 30.4. The van der Waals surface area contributed by atoms with E-state index in [0.717, 1.165) is 101 Å². The molecular formula is C90H121BN20NaO20. The van der Waals surface area contributed by atoms with Crippen molar-refractivity contribution in [1.82, 2.24) is 78.7 Å². The molecule has 132 heavy (non-hydrogen) atoms. The monoisotopic (exact) mass is 1840 g/mol. The standard InChI is InChI=1S/C21H27N5O2.C17H17N5O2.C17H18N4O3.C15H17N5O2.C8H18O3.C4H9N.C4H6O4.C2H3BO2.CH2O2.CH4.Na/c1-16-23-19-13-22-21(28-12-11-27-2)24-20(19)26(16)15-18-7-5-17(6-8-18)14-25-9-3-4-10-25;1-12-20-15-10-19-17(24-8-7-23-2)21-16(15)22(12)11-14-5-3-13(9-18)4-6-14;1-12-19-15-9-18-17(24-8-7-23-2)20-16(15)21(12)10-13-3-5-14(11-22)6-4-13;1-21-6-7-22-15-19-10-13(17)14(20-15)18-9-12-4-2-11(8-16)3-5-12;1-5-9-8(4,10-6-2)11-7-3;1-2-4-5-3-1;1-3(5)7-8-4(2)6;1-2(4)5-3;2-1-3;;/h5-8,13H,3-4,9-12,14-15H2,1-2H3;3-6,10H,7-8,11H2,1-2H3;3-6,9,11H,7-8,10H2,1-2H3;2-5,10H,6-7,9,17H2,1H3,(H,18,19,20);5-7H2,1-4H3;5H,1-4H2;1-2H3;1H3;1H,(H,2,3);1H4;/q;;;;;;;-1;;;+1. The van der Waals surface area contributed by atoms with Crippen molar-refractivity contribution in [2.24, 2.45) is 0 Å². The second-order valence-electron chi connectivity index (χ2n) is 27.8.